The zero-order valence-corrected chi connectivity index (χ0v) is 13.6. The predicted octanol–water partition coefficient (Wildman–Crippen LogP) is 2.50. The molecule has 2 rings (SSSR count). The smallest absolute Gasteiger partial charge is 0.328 e. The maximum atomic E-state index is 12.4. The number of nitrogens with two attached hydrogens (primary N) is 2. The van der Waals surface area contributed by atoms with E-state index < -0.39 is 5.97 Å². The second-order valence-electron chi connectivity index (χ2n) is 5.43. The maximum Gasteiger partial charge on any atom is 0.328 e. The molecular weight excluding hydrogens is 318 g/mol. The van der Waals surface area contributed by atoms with Crippen molar-refractivity contribution in [3.63, 3.8) is 0 Å². The Morgan fingerprint density at radius 1 is 1.08 bits per heavy atom. The number of carboxylic acid groups (broad SMARTS) is 1. The fourth-order valence-electron chi connectivity index (χ4n) is 2.32. The first-order valence-corrected chi connectivity index (χ1v) is 7.67. The van der Waals surface area contributed by atoms with Crippen LogP contribution in [0.5, 0.6) is 0 Å². The molecular formula is C19H19N3O3. The molecule has 0 aliphatic carbocycles. The van der Waals surface area contributed by atoms with Crippen LogP contribution in [0.2, 0.25) is 0 Å². The van der Waals surface area contributed by atoms with Crippen molar-refractivity contribution in [2.24, 2.45) is 16.5 Å². The summed E-state index contributed by atoms with van der Waals surface area (Å²) in [5, 5.41) is 8.66. The van der Waals surface area contributed by atoms with E-state index in [0.717, 1.165) is 11.6 Å². The first kappa shape index (κ1) is 17.9. The van der Waals surface area contributed by atoms with Gasteiger partial charge >= 0.3 is 5.97 Å². The van der Waals surface area contributed by atoms with Crippen molar-refractivity contribution in [1.29, 1.82) is 0 Å². The third kappa shape index (κ3) is 5.95. The van der Waals surface area contributed by atoms with Crippen molar-refractivity contribution in [1.82, 2.24) is 0 Å². The van der Waals surface area contributed by atoms with E-state index in [2.05, 4.69) is 4.99 Å². The van der Waals surface area contributed by atoms with Crippen LogP contribution in [0, 0.1) is 0 Å². The number of aliphatic carboxylic acids is 1. The highest BCUT2D eigenvalue weighted by Gasteiger charge is 2.07. The predicted molar refractivity (Wildman–Crippen MR) is 97.7 cm³/mol. The Kier molecular flexibility index (Phi) is 6.06. The lowest BCUT2D eigenvalue weighted by atomic mass is 10.0. The molecule has 6 heteroatoms. The SMILES string of the molecule is NC(N)=Nc1cccc(CCC(=O)c2cccc(/C=C/C(=O)O)c2)c1. The Hall–Kier alpha value is -3.41. The van der Waals surface area contributed by atoms with Gasteiger partial charge in [0.1, 0.15) is 0 Å². The molecule has 0 unspecified atom stereocenters. The number of ketones is 1. The van der Waals surface area contributed by atoms with Crippen LogP contribution >= 0.6 is 0 Å². The number of hydrogen-bond donors (Lipinski definition) is 3. The Balaban J connectivity index is 2.04. The fourth-order valence-corrected chi connectivity index (χ4v) is 2.32. The zero-order chi connectivity index (χ0) is 18.2. The van der Waals surface area contributed by atoms with Crippen LogP contribution in [0.4, 0.5) is 5.69 Å². The van der Waals surface area contributed by atoms with E-state index in [0.29, 0.717) is 29.7 Å². The standard InChI is InChI=1S/C19H19N3O3/c20-19(21)22-16-6-2-4-14(12-16)7-9-17(23)15-5-1-3-13(11-15)8-10-18(24)25/h1-6,8,10-12H,7,9H2,(H,24,25)(H4,20,21,22)/b10-8+. The van der Waals surface area contributed by atoms with Gasteiger partial charge in [-0.1, -0.05) is 30.3 Å². The number of rotatable bonds is 7. The topological polar surface area (TPSA) is 119 Å². The molecule has 128 valence electrons. The first-order chi connectivity index (χ1) is 11.9. The van der Waals surface area contributed by atoms with Gasteiger partial charge in [0, 0.05) is 18.1 Å². The second-order valence-corrected chi connectivity index (χ2v) is 5.43. The number of benzene rings is 2. The van der Waals surface area contributed by atoms with Crippen molar-refractivity contribution >= 4 is 29.5 Å². The first-order valence-electron chi connectivity index (χ1n) is 7.67. The molecule has 25 heavy (non-hydrogen) atoms. The summed E-state index contributed by atoms with van der Waals surface area (Å²) in [4.78, 5) is 26.9. The van der Waals surface area contributed by atoms with E-state index in [9.17, 15) is 9.59 Å². The number of hydrogen-bond acceptors (Lipinski definition) is 3. The number of carbonyl (C=O) groups excluding carboxylic acids is 1. The maximum absolute atomic E-state index is 12.4. The average molecular weight is 337 g/mol. The number of aliphatic imine (C=N–C) groups is 1. The van der Waals surface area contributed by atoms with Crippen LogP contribution in [-0.4, -0.2) is 22.8 Å². The molecule has 0 spiro atoms. The molecule has 0 aliphatic heterocycles. The van der Waals surface area contributed by atoms with Gasteiger partial charge < -0.3 is 16.6 Å². The molecule has 0 bridgehead atoms. The van der Waals surface area contributed by atoms with Gasteiger partial charge in [-0.2, -0.15) is 0 Å². The van der Waals surface area contributed by atoms with Crippen LogP contribution in [-0.2, 0) is 11.2 Å². The second kappa shape index (κ2) is 8.44. The van der Waals surface area contributed by atoms with E-state index >= 15 is 0 Å². The molecule has 5 N–H and O–H groups in total. The summed E-state index contributed by atoms with van der Waals surface area (Å²) in [5.74, 6) is -1.06. The third-order valence-electron chi connectivity index (χ3n) is 3.44. The van der Waals surface area contributed by atoms with Gasteiger partial charge in [-0.15, -0.1) is 0 Å². The number of aryl methyl sites for hydroxylation is 1. The monoisotopic (exact) mass is 337 g/mol. The number of guanidine groups is 1. The van der Waals surface area contributed by atoms with Crippen molar-refractivity contribution in [2.75, 3.05) is 0 Å². The molecule has 2 aromatic carbocycles. The quantitative estimate of drug-likeness (QED) is 0.310. The molecule has 6 nitrogen and oxygen atoms in total. The summed E-state index contributed by atoms with van der Waals surface area (Å²) in [6.07, 6.45) is 3.38. The minimum Gasteiger partial charge on any atom is -0.478 e. The Morgan fingerprint density at radius 3 is 2.56 bits per heavy atom. The Morgan fingerprint density at radius 2 is 1.84 bits per heavy atom. The molecule has 2 aromatic rings. The summed E-state index contributed by atoms with van der Waals surface area (Å²) >= 11 is 0. The third-order valence-corrected chi connectivity index (χ3v) is 3.44. The normalized spacial score (nSPS) is 10.6. The largest absolute Gasteiger partial charge is 0.478 e. The molecule has 0 amide bonds. The summed E-state index contributed by atoms with van der Waals surface area (Å²) in [5.41, 5.74) is 13.5. The van der Waals surface area contributed by atoms with Crippen molar-refractivity contribution in [2.45, 2.75) is 12.8 Å². The van der Waals surface area contributed by atoms with Gasteiger partial charge in [-0.25, -0.2) is 9.79 Å². The van der Waals surface area contributed by atoms with Crippen LogP contribution in [0.3, 0.4) is 0 Å². The van der Waals surface area contributed by atoms with Gasteiger partial charge in [0.05, 0.1) is 5.69 Å². The van der Waals surface area contributed by atoms with Crippen LogP contribution in [0.25, 0.3) is 6.08 Å². The fraction of sp³-hybridized carbons (Fsp3) is 0.105. The lowest BCUT2D eigenvalue weighted by Gasteiger charge is -2.04. The summed E-state index contributed by atoms with van der Waals surface area (Å²) in [6, 6.07) is 14.2. The molecule has 0 saturated carbocycles. The van der Waals surface area contributed by atoms with E-state index in [4.69, 9.17) is 16.6 Å². The summed E-state index contributed by atoms with van der Waals surface area (Å²) < 4.78 is 0. The zero-order valence-electron chi connectivity index (χ0n) is 13.6. The van der Waals surface area contributed by atoms with Gasteiger partial charge in [0.25, 0.3) is 0 Å². The van der Waals surface area contributed by atoms with Gasteiger partial charge in [0.15, 0.2) is 11.7 Å². The number of Topliss-reactive ketones (excluding diaryl/α,β-unsaturated/α-hetero) is 1. The lowest BCUT2D eigenvalue weighted by molar-refractivity contribution is -0.131. The van der Waals surface area contributed by atoms with Crippen LogP contribution in [0.15, 0.2) is 59.6 Å². The lowest BCUT2D eigenvalue weighted by Crippen LogP contribution is -2.21. The van der Waals surface area contributed by atoms with Crippen molar-refractivity contribution in [3.8, 4) is 0 Å². The molecule has 0 fully saturated rings. The number of carbonyl (C=O) groups is 2. The van der Waals surface area contributed by atoms with E-state index in [1.165, 1.54) is 6.08 Å². The highest BCUT2D eigenvalue weighted by atomic mass is 16.4. The minimum atomic E-state index is -1.03. The highest BCUT2D eigenvalue weighted by molar-refractivity contribution is 5.97. The van der Waals surface area contributed by atoms with Gasteiger partial charge in [-0.3, -0.25) is 4.79 Å². The molecule has 0 saturated heterocycles. The van der Waals surface area contributed by atoms with Gasteiger partial charge in [-0.05, 0) is 41.8 Å². The highest BCUT2D eigenvalue weighted by Crippen LogP contribution is 2.17. The summed E-state index contributed by atoms with van der Waals surface area (Å²) in [6.45, 7) is 0. The average Bonchev–Trinajstić information content (AvgIpc) is 2.58. The van der Waals surface area contributed by atoms with Crippen molar-refractivity contribution in [3.05, 3.63) is 71.3 Å². The Labute approximate surface area is 145 Å². The van der Waals surface area contributed by atoms with Crippen LogP contribution in [0.1, 0.15) is 27.9 Å². The molecule has 0 radical (unpaired) electrons. The van der Waals surface area contributed by atoms with Gasteiger partial charge in [0.2, 0.25) is 0 Å². The minimum absolute atomic E-state index is 0.0144. The number of carboxylic acids is 1. The molecule has 0 aromatic heterocycles. The van der Waals surface area contributed by atoms with Crippen LogP contribution < -0.4 is 11.5 Å². The number of nitrogens with zero attached hydrogens (tertiary/aromatic N) is 1. The van der Waals surface area contributed by atoms with E-state index in [1.807, 2.05) is 18.2 Å². The Bertz CT molecular complexity index is 837. The molecule has 0 heterocycles. The van der Waals surface area contributed by atoms with E-state index in [-0.39, 0.29) is 11.7 Å². The molecule has 0 atom stereocenters. The van der Waals surface area contributed by atoms with Crippen molar-refractivity contribution < 1.29 is 14.7 Å². The molecule has 0 aliphatic rings. The summed E-state index contributed by atoms with van der Waals surface area (Å²) in [7, 11) is 0. The van der Waals surface area contributed by atoms with E-state index in [1.54, 1.807) is 30.3 Å².